The summed E-state index contributed by atoms with van der Waals surface area (Å²) in [5.74, 6) is 0. The Morgan fingerprint density at radius 1 is 1.73 bits per heavy atom. The fourth-order valence-corrected chi connectivity index (χ4v) is 0.879. The van der Waals surface area contributed by atoms with E-state index in [1.165, 1.54) is 0 Å². The van der Waals surface area contributed by atoms with Crippen LogP contribution in [0.15, 0.2) is 18.3 Å². The Hall–Kier alpha value is -1.22. The number of aromatic nitrogens is 1. The van der Waals surface area contributed by atoms with Crippen LogP contribution in [0.4, 0.5) is 0 Å². The molecule has 0 aliphatic rings. The lowest BCUT2D eigenvalue weighted by molar-refractivity contribution is 0.111. The van der Waals surface area contributed by atoms with Gasteiger partial charge in [0.1, 0.15) is 0 Å². The normalized spacial score (nSPS) is 12.5. The lowest BCUT2D eigenvalue weighted by Crippen LogP contribution is -1.99. The Kier molecular flexibility index (Phi) is 2.33. The van der Waals surface area contributed by atoms with Crippen LogP contribution in [0.1, 0.15) is 29.1 Å². The standard InChI is InChI=1S/C8H9NO2/c1-6(11)8-7(5-10)3-2-4-9-8/h2-6,11H,1H3. The number of carbonyl (C=O) groups excluding carboxylic acids is 1. The summed E-state index contributed by atoms with van der Waals surface area (Å²) in [6.07, 6.45) is 1.56. The minimum Gasteiger partial charge on any atom is -0.387 e. The number of aliphatic hydroxyl groups is 1. The van der Waals surface area contributed by atoms with Gasteiger partial charge in [0.15, 0.2) is 6.29 Å². The first-order chi connectivity index (χ1) is 5.25. The van der Waals surface area contributed by atoms with Crippen molar-refractivity contribution in [1.29, 1.82) is 0 Å². The molecule has 0 saturated carbocycles. The van der Waals surface area contributed by atoms with E-state index in [4.69, 9.17) is 5.11 Å². The summed E-state index contributed by atoms with van der Waals surface area (Å²) < 4.78 is 0. The van der Waals surface area contributed by atoms with E-state index >= 15 is 0 Å². The molecule has 1 rings (SSSR count). The molecular weight excluding hydrogens is 142 g/mol. The molecule has 0 aromatic carbocycles. The van der Waals surface area contributed by atoms with Crippen molar-refractivity contribution in [2.24, 2.45) is 0 Å². The van der Waals surface area contributed by atoms with Gasteiger partial charge >= 0.3 is 0 Å². The number of carbonyl (C=O) groups is 1. The van der Waals surface area contributed by atoms with Gasteiger partial charge in [-0.25, -0.2) is 0 Å². The highest BCUT2D eigenvalue weighted by Gasteiger charge is 2.06. The van der Waals surface area contributed by atoms with Crippen molar-refractivity contribution in [2.75, 3.05) is 0 Å². The lowest BCUT2D eigenvalue weighted by atomic mass is 10.1. The van der Waals surface area contributed by atoms with Crippen molar-refractivity contribution in [2.45, 2.75) is 13.0 Å². The monoisotopic (exact) mass is 151 g/mol. The van der Waals surface area contributed by atoms with Gasteiger partial charge in [0.05, 0.1) is 11.8 Å². The second-order valence-corrected chi connectivity index (χ2v) is 2.27. The number of rotatable bonds is 2. The van der Waals surface area contributed by atoms with E-state index in [1.54, 1.807) is 25.3 Å². The summed E-state index contributed by atoms with van der Waals surface area (Å²) >= 11 is 0. The average Bonchev–Trinajstić information content (AvgIpc) is 2.04. The molecule has 1 heterocycles. The number of hydrogen-bond donors (Lipinski definition) is 1. The Balaban J connectivity index is 3.12. The summed E-state index contributed by atoms with van der Waals surface area (Å²) in [7, 11) is 0. The molecule has 0 saturated heterocycles. The Morgan fingerprint density at radius 2 is 2.45 bits per heavy atom. The first kappa shape index (κ1) is 7.88. The van der Waals surface area contributed by atoms with Gasteiger partial charge in [-0.15, -0.1) is 0 Å². The minimum atomic E-state index is -0.684. The molecule has 0 spiro atoms. The largest absolute Gasteiger partial charge is 0.387 e. The van der Waals surface area contributed by atoms with Crippen LogP contribution in [0.5, 0.6) is 0 Å². The summed E-state index contributed by atoms with van der Waals surface area (Å²) in [5.41, 5.74) is 0.880. The van der Waals surface area contributed by atoms with E-state index in [1.807, 2.05) is 0 Å². The Bertz CT molecular complexity index is 258. The van der Waals surface area contributed by atoms with Crippen molar-refractivity contribution >= 4 is 6.29 Å². The maximum absolute atomic E-state index is 10.4. The quantitative estimate of drug-likeness (QED) is 0.640. The highest BCUT2D eigenvalue weighted by molar-refractivity contribution is 5.76. The molecule has 0 aliphatic heterocycles. The molecule has 1 N–H and O–H groups in total. The van der Waals surface area contributed by atoms with Crippen LogP contribution in [0.25, 0.3) is 0 Å². The van der Waals surface area contributed by atoms with Gasteiger partial charge in [-0.3, -0.25) is 9.78 Å². The molecule has 3 nitrogen and oxygen atoms in total. The molecule has 0 fully saturated rings. The zero-order valence-electron chi connectivity index (χ0n) is 6.19. The molecule has 0 aliphatic carbocycles. The second kappa shape index (κ2) is 3.25. The van der Waals surface area contributed by atoms with E-state index < -0.39 is 6.10 Å². The highest BCUT2D eigenvalue weighted by Crippen LogP contribution is 2.11. The van der Waals surface area contributed by atoms with Gasteiger partial charge in [0.2, 0.25) is 0 Å². The average molecular weight is 151 g/mol. The van der Waals surface area contributed by atoms with E-state index in [0.29, 0.717) is 17.5 Å². The third kappa shape index (κ3) is 1.62. The smallest absolute Gasteiger partial charge is 0.151 e. The van der Waals surface area contributed by atoms with E-state index in [0.717, 1.165) is 0 Å². The van der Waals surface area contributed by atoms with Crippen molar-refractivity contribution in [3.05, 3.63) is 29.6 Å². The van der Waals surface area contributed by atoms with Crippen LogP contribution < -0.4 is 0 Å². The van der Waals surface area contributed by atoms with Gasteiger partial charge in [-0.05, 0) is 19.1 Å². The van der Waals surface area contributed by atoms with Crippen LogP contribution in [0, 0.1) is 0 Å². The van der Waals surface area contributed by atoms with E-state index in [2.05, 4.69) is 4.98 Å². The van der Waals surface area contributed by atoms with Crippen LogP contribution in [0.3, 0.4) is 0 Å². The third-order valence-electron chi connectivity index (χ3n) is 1.39. The highest BCUT2D eigenvalue weighted by atomic mass is 16.3. The topological polar surface area (TPSA) is 50.2 Å². The molecule has 0 radical (unpaired) electrons. The lowest BCUT2D eigenvalue weighted by Gasteiger charge is -2.04. The summed E-state index contributed by atoms with van der Waals surface area (Å²) in [5, 5.41) is 9.11. The Labute approximate surface area is 64.7 Å². The summed E-state index contributed by atoms with van der Waals surface area (Å²) in [6, 6.07) is 3.29. The number of aliphatic hydroxyl groups excluding tert-OH is 1. The summed E-state index contributed by atoms with van der Waals surface area (Å²) in [6.45, 7) is 1.58. The minimum absolute atomic E-state index is 0.433. The predicted octanol–water partition coefficient (Wildman–Crippen LogP) is 0.947. The molecule has 11 heavy (non-hydrogen) atoms. The zero-order valence-corrected chi connectivity index (χ0v) is 6.19. The molecule has 58 valence electrons. The first-order valence-electron chi connectivity index (χ1n) is 3.34. The maximum atomic E-state index is 10.4. The fraction of sp³-hybridized carbons (Fsp3) is 0.250. The van der Waals surface area contributed by atoms with Gasteiger partial charge < -0.3 is 5.11 Å². The van der Waals surface area contributed by atoms with Crippen LogP contribution in [-0.4, -0.2) is 16.4 Å². The molecule has 3 heteroatoms. The second-order valence-electron chi connectivity index (χ2n) is 2.27. The van der Waals surface area contributed by atoms with Gasteiger partial charge in [0.25, 0.3) is 0 Å². The van der Waals surface area contributed by atoms with Crippen LogP contribution in [0.2, 0.25) is 0 Å². The van der Waals surface area contributed by atoms with Crippen molar-refractivity contribution in [3.63, 3.8) is 0 Å². The van der Waals surface area contributed by atoms with E-state index in [-0.39, 0.29) is 0 Å². The van der Waals surface area contributed by atoms with Crippen molar-refractivity contribution in [3.8, 4) is 0 Å². The molecule has 1 atom stereocenters. The van der Waals surface area contributed by atoms with Gasteiger partial charge in [0, 0.05) is 11.8 Å². The number of pyridine rings is 1. The fourth-order valence-electron chi connectivity index (χ4n) is 0.879. The molecule has 0 bridgehead atoms. The zero-order chi connectivity index (χ0) is 8.27. The summed E-state index contributed by atoms with van der Waals surface area (Å²) in [4.78, 5) is 14.2. The number of aldehydes is 1. The number of hydrogen-bond acceptors (Lipinski definition) is 3. The van der Waals surface area contributed by atoms with Gasteiger partial charge in [-0.1, -0.05) is 0 Å². The van der Waals surface area contributed by atoms with Crippen LogP contribution >= 0.6 is 0 Å². The van der Waals surface area contributed by atoms with Crippen molar-refractivity contribution < 1.29 is 9.90 Å². The Morgan fingerprint density at radius 3 is 2.91 bits per heavy atom. The molecule has 1 aromatic rings. The molecular formula is C8H9NO2. The molecule has 1 aromatic heterocycles. The van der Waals surface area contributed by atoms with Gasteiger partial charge in [-0.2, -0.15) is 0 Å². The molecule has 1 unspecified atom stereocenters. The van der Waals surface area contributed by atoms with Crippen molar-refractivity contribution in [1.82, 2.24) is 4.98 Å². The predicted molar refractivity (Wildman–Crippen MR) is 40.3 cm³/mol. The van der Waals surface area contributed by atoms with Crippen LogP contribution in [-0.2, 0) is 0 Å². The molecule has 0 amide bonds. The number of nitrogens with zero attached hydrogens (tertiary/aromatic N) is 1. The van der Waals surface area contributed by atoms with E-state index in [9.17, 15) is 4.79 Å². The first-order valence-corrected chi connectivity index (χ1v) is 3.34. The maximum Gasteiger partial charge on any atom is 0.151 e. The SMILES string of the molecule is CC(O)c1ncccc1C=O. The third-order valence-corrected chi connectivity index (χ3v) is 1.39.